The minimum Gasteiger partial charge on any atom is -0.481 e. The van der Waals surface area contributed by atoms with Gasteiger partial charge in [-0.1, -0.05) is 47.5 Å². The predicted molar refractivity (Wildman–Crippen MR) is 174 cm³/mol. The lowest BCUT2D eigenvalue weighted by molar-refractivity contribution is -0.137. The maximum atomic E-state index is 11.2. The van der Waals surface area contributed by atoms with Gasteiger partial charge in [0.15, 0.2) is 0 Å². The van der Waals surface area contributed by atoms with Crippen LogP contribution in [0.15, 0.2) is 48.5 Å². The SMILES string of the molecule is CN1CC[C@H](c2ccc(Cl)cc2)[C@@H](CSCC(=O)O)C1.COC(=O)CSC[C@H]1CN(C)CC[C@@H]1c1ccc(Cl)cc1. The Hall–Kier alpha value is -1.42. The summed E-state index contributed by atoms with van der Waals surface area (Å²) in [4.78, 5) is 26.6. The van der Waals surface area contributed by atoms with Crippen LogP contribution in [0.3, 0.4) is 0 Å². The molecule has 4 atom stereocenters. The van der Waals surface area contributed by atoms with Crippen LogP contribution >= 0.6 is 46.7 Å². The lowest BCUT2D eigenvalue weighted by Crippen LogP contribution is -2.38. The topological polar surface area (TPSA) is 70.1 Å². The number of halogens is 2. The normalized spacial score (nSPS) is 23.3. The van der Waals surface area contributed by atoms with E-state index in [0.29, 0.717) is 29.4 Å². The number of methoxy groups -OCH3 is 1. The number of carboxylic acids is 1. The van der Waals surface area contributed by atoms with Crippen molar-refractivity contribution in [1.82, 2.24) is 9.80 Å². The quantitative estimate of drug-likeness (QED) is 0.296. The van der Waals surface area contributed by atoms with Gasteiger partial charge < -0.3 is 19.6 Å². The molecule has 0 aromatic heterocycles. The number of carbonyl (C=O) groups is 2. The van der Waals surface area contributed by atoms with Crippen molar-refractivity contribution in [3.05, 3.63) is 69.7 Å². The molecule has 6 nitrogen and oxygen atoms in total. The number of benzene rings is 2. The van der Waals surface area contributed by atoms with E-state index in [9.17, 15) is 9.59 Å². The molecule has 2 saturated heterocycles. The Morgan fingerprint density at radius 2 is 1.22 bits per heavy atom. The molecule has 1 N–H and O–H groups in total. The molecule has 0 amide bonds. The predicted octanol–water partition coefficient (Wildman–Crippen LogP) is 6.47. The molecule has 0 saturated carbocycles. The number of ether oxygens (including phenoxy) is 1. The maximum absolute atomic E-state index is 11.2. The fraction of sp³-hybridized carbons (Fsp3) is 0.548. The van der Waals surface area contributed by atoms with Crippen LogP contribution in [-0.2, 0) is 14.3 Å². The molecule has 41 heavy (non-hydrogen) atoms. The third-order valence-corrected chi connectivity index (χ3v) is 10.5. The summed E-state index contributed by atoms with van der Waals surface area (Å²) in [5, 5.41) is 10.3. The van der Waals surface area contributed by atoms with Gasteiger partial charge in [-0.25, -0.2) is 0 Å². The second-order valence-corrected chi connectivity index (χ2v) is 13.9. The smallest absolute Gasteiger partial charge is 0.315 e. The summed E-state index contributed by atoms with van der Waals surface area (Å²) in [6.45, 7) is 4.31. The van der Waals surface area contributed by atoms with E-state index in [0.717, 1.165) is 60.6 Å². The van der Waals surface area contributed by atoms with Crippen molar-refractivity contribution in [2.24, 2.45) is 11.8 Å². The van der Waals surface area contributed by atoms with Crippen molar-refractivity contribution in [3.8, 4) is 0 Å². The Labute approximate surface area is 263 Å². The Morgan fingerprint density at radius 3 is 1.61 bits per heavy atom. The number of carbonyl (C=O) groups excluding carboxylic acids is 1. The molecular formula is C31H42Cl2N2O4S2. The number of esters is 1. The van der Waals surface area contributed by atoms with Crippen molar-refractivity contribution in [2.45, 2.75) is 24.7 Å². The van der Waals surface area contributed by atoms with Crippen molar-refractivity contribution in [1.29, 1.82) is 0 Å². The summed E-state index contributed by atoms with van der Waals surface area (Å²) in [6, 6.07) is 16.3. The van der Waals surface area contributed by atoms with Crippen LogP contribution in [0.25, 0.3) is 0 Å². The third-order valence-electron chi connectivity index (χ3n) is 7.81. The molecule has 226 valence electrons. The maximum Gasteiger partial charge on any atom is 0.315 e. The first-order valence-corrected chi connectivity index (χ1v) is 17.0. The fourth-order valence-electron chi connectivity index (χ4n) is 5.71. The highest BCUT2D eigenvalue weighted by atomic mass is 35.5. The van der Waals surface area contributed by atoms with Crippen molar-refractivity contribution >= 4 is 58.7 Å². The zero-order valence-corrected chi connectivity index (χ0v) is 27.3. The van der Waals surface area contributed by atoms with Crippen LogP contribution in [0.5, 0.6) is 0 Å². The Kier molecular flexibility index (Phi) is 14.7. The van der Waals surface area contributed by atoms with E-state index in [2.05, 4.69) is 48.2 Å². The average molecular weight is 642 g/mol. The molecule has 2 aromatic rings. The van der Waals surface area contributed by atoms with E-state index in [1.807, 2.05) is 24.3 Å². The number of rotatable bonds is 10. The molecule has 0 bridgehead atoms. The van der Waals surface area contributed by atoms with Crippen molar-refractivity contribution < 1.29 is 19.4 Å². The van der Waals surface area contributed by atoms with Gasteiger partial charge in [0.25, 0.3) is 0 Å². The minimum absolute atomic E-state index is 0.146. The van der Waals surface area contributed by atoms with Gasteiger partial charge >= 0.3 is 11.9 Å². The molecular weight excluding hydrogens is 599 g/mol. The van der Waals surface area contributed by atoms with Crippen LogP contribution in [0.1, 0.15) is 35.8 Å². The van der Waals surface area contributed by atoms with E-state index in [-0.39, 0.29) is 11.7 Å². The second-order valence-electron chi connectivity index (χ2n) is 10.9. The Bertz CT molecular complexity index is 1090. The standard InChI is InChI=1S/C16H22ClNO2S.C15H20ClNO2S/c1-18-8-7-15(12-3-5-14(17)6-4-12)13(9-18)10-21-11-16(19)20-2;1-17-7-6-14(11-2-4-13(16)5-3-11)12(8-17)9-20-10-15(18)19/h3-6,13,15H,7-11H2,1-2H3;2-5,12,14H,6-10H2,1H3,(H,18,19)/t13-,15-;12-,14-/m11/s1. The summed E-state index contributed by atoms with van der Waals surface area (Å²) < 4.78 is 4.70. The van der Waals surface area contributed by atoms with Gasteiger partial charge in [-0.05, 0) is 111 Å². The van der Waals surface area contributed by atoms with E-state index < -0.39 is 5.97 Å². The minimum atomic E-state index is -0.734. The average Bonchev–Trinajstić information content (AvgIpc) is 2.94. The summed E-state index contributed by atoms with van der Waals surface area (Å²) in [5.41, 5.74) is 2.68. The number of hydrogen-bond acceptors (Lipinski definition) is 7. The number of aliphatic carboxylic acids is 1. The molecule has 2 aliphatic heterocycles. The van der Waals surface area contributed by atoms with Crippen LogP contribution in [0.2, 0.25) is 10.0 Å². The van der Waals surface area contributed by atoms with Gasteiger partial charge in [0, 0.05) is 23.1 Å². The van der Waals surface area contributed by atoms with Crippen LogP contribution in [0.4, 0.5) is 0 Å². The summed E-state index contributed by atoms with van der Waals surface area (Å²) in [7, 11) is 5.73. The second kappa shape index (κ2) is 17.6. The van der Waals surface area contributed by atoms with Gasteiger partial charge in [-0.3, -0.25) is 9.59 Å². The highest BCUT2D eigenvalue weighted by Gasteiger charge is 2.30. The van der Waals surface area contributed by atoms with Gasteiger partial charge in [0.05, 0.1) is 18.6 Å². The number of piperidine rings is 2. The first kappa shape index (κ1) is 34.1. The molecule has 0 spiro atoms. The number of thioether (sulfide) groups is 2. The van der Waals surface area contributed by atoms with E-state index in [1.54, 1.807) is 11.8 Å². The zero-order valence-electron chi connectivity index (χ0n) is 24.1. The molecule has 10 heteroatoms. The first-order valence-electron chi connectivity index (χ1n) is 14.0. The molecule has 4 rings (SSSR count). The van der Waals surface area contributed by atoms with E-state index in [4.69, 9.17) is 33.0 Å². The Balaban J connectivity index is 0.000000226. The molecule has 0 aliphatic carbocycles. The largest absolute Gasteiger partial charge is 0.481 e. The highest BCUT2D eigenvalue weighted by Crippen LogP contribution is 2.36. The summed E-state index contributed by atoms with van der Waals surface area (Å²) in [6.07, 6.45) is 2.28. The first-order chi connectivity index (χ1) is 19.7. The van der Waals surface area contributed by atoms with Crippen LogP contribution < -0.4 is 0 Å². The number of hydrogen-bond donors (Lipinski definition) is 1. The molecule has 2 aromatic carbocycles. The third kappa shape index (κ3) is 11.6. The monoisotopic (exact) mass is 640 g/mol. The van der Waals surface area contributed by atoms with Gasteiger partial charge in [0.2, 0.25) is 0 Å². The van der Waals surface area contributed by atoms with Gasteiger partial charge in [-0.15, -0.1) is 23.5 Å². The fourth-order valence-corrected chi connectivity index (χ4v) is 7.94. The highest BCUT2D eigenvalue weighted by molar-refractivity contribution is 8.00. The van der Waals surface area contributed by atoms with Crippen LogP contribution in [0, 0.1) is 11.8 Å². The summed E-state index contributed by atoms with van der Waals surface area (Å²) in [5.74, 6) is 3.72. The van der Waals surface area contributed by atoms with E-state index in [1.165, 1.54) is 30.0 Å². The number of nitrogens with zero attached hydrogens (tertiary/aromatic N) is 2. The number of carboxylic acid groups (broad SMARTS) is 1. The van der Waals surface area contributed by atoms with Gasteiger partial charge in [-0.2, -0.15) is 0 Å². The molecule has 2 aliphatic rings. The molecule has 0 radical (unpaired) electrons. The number of likely N-dealkylation sites (tertiary alicyclic amines) is 2. The molecule has 2 fully saturated rings. The van der Waals surface area contributed by atoms with Crippen molar-refractivity contribution in [3.63, 3.8) is 0 Å². The Morgan fingerprint density at radius 1 is 0.805 bits per heavy atom. The zero-order chi connectivity index (χ0) is 29.8. The summed E-state index contributed by atoms with van der Waals surface area (Å²) >= 11 is 15.1. The molecule has 0 unspecified atom stereocenters. The lowest BCUT2D eigenvalue weighted by atomic mass is 9.81. The van der Waals surface area contributed by atoms with Crippen molar-refractivity contribution in [2.75, 3.05) is 70.4 Å². The van der Waals surface area contributed by atoms with Crippen LogP contribution in [-0.4, -0.2) is 97.2 Å². The van der Waals surface area contributed by atoms with Gasteiger partial charge in [0.1, 0.15) is 0 Å². The molecule has 2 heterocycles. The van der Waals surface area contributed by atoms with E-state index >= 15 is 0 Å². The lowest BCUT2D eigenvalue weighted by Gasteiger charge is -2.37.